The van der Waals surface area contributed by atoms with Gasteiger partial charge in [-0.1, -0.05) is 20.8 Å². The van der Waals surface area contributed by atoms with Crippen molar-refractivity contribution in [1.82, 2.24) is 4.98 Å². The molecule has 0 aliphatic rings. The van der Waals surface area contributed by atoms with E-state index in [4.69, 9.17) is 4.74 Å². The van der Waals surface area contributed by atoms with E-state index in [1.165, 1.54) is 16.5 Å². The minimum Gasteiger partial charge on any atom is -0.497 e. The van der Waals surface area contributed by atoms with Crippen LogP contribution in [0.25, 0.3) is 10.9 Å². The lowest BCUT2D eigenvalue weighted by molar-refractivity contribution is 0.415. The Kier molecular flexibility index (Phi) is 3.32. The molecule has 0 aliphatic carbocycles. The maximum absolute atomic E-state index is 5.37. The summed E-state index contributed by atoms with van der Waals surface area (Å²) in [6.07, 6.45) is 2.88. The van der Waals surface area contributed by atoms with Gasteiger partial charge in [0.25, 0.3) is 0 Å². The summed E-state index contributed by atoms with van der Waals surface area (Å²) < 4.78 is 5.37. The standard InChI is InChI=1S/C15H19NO/c1-5-11-8-12(17-4)9-14-13(10(2)3)6-7-16-15(11)14/h6-10H,5H2,1-4H3. The first-order valence-electron chi connectivity index (χ1n) is 6.12. The van der Waals surface area contributed by atoms with E-state index in [1.807, 2.05) is 6.20 Å². The zero-order valence-corrected chi connectivity index (χ0v) is 10.9. The normalized spacial score (nSPS) is 11.1. The largest absolute Gasteiger partial charge is 0.497 e. The van der Waals surface area contributed by atoms with E-state index in [1.54, 1.807) is 7.11 Å². The molecule has 0 aliphatic heterocycles. The van der Waals surface area contributed by atoms with Gasteiger partial charge in [-0.25, -0.2) is 0 Å². The highest BCUT2D eigenvalue weighted by Crippen LogP contribution is 2.30. The number of hydrogen-bond acceptors (Lipinski definition) is 2. The van der Waals surface area contributed by atoms with Gasteiger partial charge >= 0.3 is 0 Å². The van der Waals surface area contributed by atoms with Gasteiger partial charge in [0.15, 0.2) is 0 Å². The third-order valence-corrected chi connectivity index (χ3v) is 3.17. The Morgan fingerprint density at radius 2 is 2.06 bits per heavy atom. The summed E-state index contributed by atoms with van der Waals surface area (Å²) in [7, 11) is 1.71. The molecule has 1 aromatic carbocycles. The van der Waals surface area contributed by atoms with Crippen molar-refractivity contribution in [3.05, 3.63) is 35.5 Å². The summed E-state index contributed by atoms with van der Waals surface area (Å²) in [6.45, 7) is 6.57. The molecule has 0 saturated heterocycles. The number of aromatic nitrogens is 1. The van der Waals surface area contributed by atoms with E-state index in [-0.39, 0.29) is 0 Å². The average Bonchev–Trinajstić information content (AvgIpc) is 2.36. The molecule has 2 rings (SSSR count). The van der Waals surface area contributed by atoms with Gasteiger partial charge in [-0.3, -0.25) is 4.98 Å². The predicted molar refractivity (Wildman–Crippen MR) is 71.8 cm³/mol. The molecule has 0 fully saturated rings. The molecule has 1 heterocycles. The Morgan fingerprint density at radius 3 is 2.65 bits per heavy atom. The molecule has 0 spiro atoms. The van der Waals surface area contributed by atoms with Crippen LogP contribution in [0.3, 0.4) is 0 Å². The molecule has 17 heavy (non-hydrogen) atoms. The Labute approximate surface area is 103 Å². The van der Waals surface area contributed by atoms with Crippen molar-refractivity contribution in [2.24, 2.45) is 0 Å². The van der Waals surface area contributed by atoms with Crippen LogP contribution in [0.5, 0.6) is 5.75 Å². The lowest BCUT2D eigenvalue weighted by Crippen LogP contribution is -1.96. The smallest absolute Gasteiger partial charge is 0.119 e. The van der Waals surface area contributed by atoms with E-state index in [9.17, 15) is 0 Å². The van der Waals surface area contributed by atoms with Crippen LogP contribution < -0.4 is 4.74 Å². The molecule has 2 heteroatoms. The number of ether oxygens (including phenoxy) is 1. The molecule has 2 aromatic rings. The summed E-state index contributed by atoms with van der Waals surface area (Å²) in [5, 5.41) is 1.22. The van der Waals surface area contributed by atoms with Crippen LogP contribution in [0.2, 0.25) is 0 Å². The fraction of sp³-hybridized carbons (Fsp3) is 0.400. The summed E-state index contributed by atoms with van der Waals surface area (Å²) in [6, 6.07) is 6.28. The van der Waals surface area contributed by atoms with Crippen molar-refractivity contribution >= 4 is 10.9 Å². The summed E-state index contributed by atoms with van der Waals surface area (Å²) >= 11 is 0. The highest BCUT2D eigenvalue weighted by Gasteiger charge is 2.10. The summed E-state index contributed by atoms with van der Waals surface area (Å²) in [4.78, 5) is 4.51. The van der Waals surface area contributed by atoms with E-state index in [0.29, 0.717) is 5.92 Å². The first kappa shape index (κ1) is 11.9. The maximum atomic E-state index is 5.37. The number of aryl methyl sites for hydroxylation is 1. The molecular weight excluding hydrogens is 210 g/mol. The van der Waals surface area contributed by atoms with E-state index in [0.717, 1.165) is 17.7 Å². The van der Waals surface area contributed by atoms with Crippen LogP contribution in [0.1, 0.15) is 37.8 Å². The van der Waals surface area contributed by atoms with Crippen LogP contribution in [0.15, 0.2) is 24.4 Å². The number of fused-ring (bicyclic) bond motifs is 1. The average molecular weight is 229 g/mol. The molecule has 0 amide bonds. The highest BCUT2D eigenvalue weighted by molar-refractivity contribution is 5.87. The molecule has 0 unspecified atom stereocenters. The molecular formula is C15H19NO. The van der Waals surface area contributed by atoms with Gasteiger partial charge in [-0.2, -0.15) is 0 Å². The van der Waals surface area contributed by atoms with Crippen LogP contribution in [-0.2, 0) is 6.42 Å². The van der Waals surface area contributed by atoms with E-state index >= 15 is 0 Å². The zero-order valence-electron chi connectivity index (χ0n) is 10.9. The first-order valence-corrected chi connectivity index (χ1v) is 6.12. The second kappa shape index (κ2) is 4.74. The maximum Gasteiger partial charge on any atom is 0.119 e. The van der Waals surface area contributed by atoms with Gasteiger partial charge in [-0.15, -0.1) is 0 Å². The van der Waals surface area contributed by atoms with Crippen molar-refractivity contribution in [3.8, 4) is 5.75 Å². The number of nitrogens with zero attached hydrogens (tertiary/aromatic N) is 1. The minimum atomic E-state index is 0.498. The SMILES string of the molecule is CCc1cc(OC)cc2c(C(C)C)ccnc12. The van der Waals surface area contributed by atoms with Gasteiger partial charge in [-0.05, 0) is 41.7 Å². The topological polar surface area (TPSA) is 22.1 Å². The second-order valence-corrected chi connectivity index (χ2v) is 4.59. The Hall–Kier alpha value is -1.57. The van der Waals surface area contributed by atoms with Crippen molar-refractivity contribution in [2.45, 2.75) is 33.1 Å². The Morgan fingerprint density at radius 1 is 1.29 bits per heavy atom. The van der Waals surface area contributed by atoms with Gasteiger partial charge in [0.05, 0.1) is 12.6 Å². The lowest BCUT2D eigenvalue weighted by atomic mass is 9.96. The summed E-state index contributed by atoms with van der Waals surface area (Å²) in [5.74, 6) is 1.42. The van der Waals surface area contributed by atoms with Crippen LogP contribution in [0, 0.1) is 0 Å². The minimum absolute atomic E-state index is 0.498. The zero-order chi connectivity index (χ0) is 12.4. The number of benzene rings is 1. The third kappa shape index (κ3) is 2.12. The number of hydrogen-bond donors (Lipinski definition) is 0. The van der Waals surface area contributed by atoms with E-state index < -0.39 is 0 Å². The van der Waals surface area contributed by atoms with Crippen molar-refractivity contribution in [3.63, 3.8) is 0 Å². The Balaban J connectivity index is 2.79. The number of rotatable bonds is 3. The third-order valence-electron chi connectivity index (χ3n) is 3.17. The van der Waals surface area contributed by atoms with Crippen LogP contribution in [-0.4, -0.2) is 12.1 Å². The quantitative estimate of drug-likeness (QED) is 0.795. The first-order chi connectivity index (χ1) is 8.17. The van der Waals surface area contributed by atoms with Crippen molar-refractivity contribution in [2.75, 3.05) is 7.11 Å². The van der Waals surface area contributed by atoms with Gasteiger partial charge in [0.1, 0.15) is 5.75 Å². The monoisotopic (exact) mass is 229 g/mol. The van der Waals surface area contributed by atoms with Gasteiger partial charge < -0.3 is 4.74 Å². The molecule has 1 aromatic heterocycles. The Bertz CT molecular complexity index is 532. The molecule has 0 N–H and O–H groups in total. The lowest BCUT2D eigenvalue weighted by Gasteiger charge is -2.13. The van der Waals surface area contributed by atoms with Gasteiger partial charge in [0.2, 0.25) is 0 Å². The predicted octanol–water partition coefficient (Wildman–Crippen LogP) is 3.93. The second-order valence-electron chi connectivity index (χ2n) is 4.59. The van der Waals surface area contributed by atoms with Gasteiger partial charge in [0, 0.05) is 11.6 Å². The molecule has 0 radical (unpaired) electrons. The highest BCUT2D eigenvalue weighted by atomic mass is 16.5. The van der Waals surface area contributed by atoms with Crippen molar-refractivity contribution in [1.29, 1.82) is 0 Å². The molecule has 0 bridgehead atoms. The van der Waals surface area contributed by atoms with E-state index in [2.05, 4.69) is 44.0 Å². The number of methoxy groups -OCH3 is 1. The van der Waals surface area contributed by atoms with Crippen molar-refractivity contribution < 1.29 is 4.74 Å². The summed E-state index contributed by atoms with van der Waals surface area (Å²) in [5.41, 5.74) is 3.70. The molecule has 0 saturated carbocycles. The molecule has 0 atom stereocenters. The fourth-order valence-corrected chi connectivity index (χ4v) is 2.21. The van der Waals surface area contributed by atoms with Crippen LogP contribution >= 0.6 is 0 Å². The molecule has 2 nitrogen and oxygen atoms in total. The number of pyridine rings is 1. The van der Waals surface area contributed by atoms with Crippen LogP contribution in [0.4, 0.5) is 0 Å². The fourth-order valence-electron chi connectivity index (χ4n) is 2.21. The molecule has 90 valence electrons.